The van der Waals surface area contributed by atoms with Gasteiger partial charge in [0.05, 0.1) is 38.1 Å². The minimum absolute atomic E-state index is 0.108. The van der Waals surface area contributed by atoms with Gasteiger partial charge in [0.15, 0.2) is 5.69 Å². The molecule has 0 aliphatic rings. The summed E-state index contributed by atoms with van der Waals surface area (Å²) in [6.45, 7) is 9.39. The number of nitrogens with zero attached hydrogens (tertiary/aromatic N) is 4. The Morgan fingerprint density at radius 2 is 2.15 bits per heavy atom. The lowest BCUT2D eigenvalue weighted by molar-refractivity contribution is -0.384. The first kappa shape index (κ1) is 19.9. The fraction of sp³-hybridized carbons (Fsp3) is 0.412. The molecular formula is C17H23N5O3S. The summed E-state index contributed by atoms with van der Waals surface area (Å²) in [6.07, 6.45) is 3.45. The zero-order valence-corrected chi connectivity index (χ0v) is 16.1. The number of aromatic nitrogens is 3. The molecule has 140 valence electrons. The van der Waals surface area contributed by atoms with Crippen molar-refractivity contribution in [3.8, 4) is 11.4 Å². The summed E-state index contributed by atoms with van der Waals surface area (Å²) in [6, 6.07) is 4.94. The van der Waals surface area contributed by atoms with Gasteiger partial charge in [-0.3, -0.25) is 14.8 Å². The van der Waals surface area contributed by atoms with Gasteiger partial charge in [-0.15, -0.1) is 6.58 Å². The Balaban J connectivity index is 2.43. The molecule has 2 atom stereocenters. The van der Waals surface area contributed by atoms with Gasteiger partial charge in [0.1, 0.15) is 6.20 Å². The van der Waals surface area contributed by atoms with E-state index in [4.69, 9.17) is 0 Å². The van der Waals surface area contributed by atoms with E-state index in [2.05, 4.69) is 21.4 Å². The molecule has 2 aromatic rings. The fourth-order valence-corrected chi connectivity index (χ4v) is 3.16. The molecule has 1 N–H and O–H groups in total. The molecule has 0 fully saturated rings. The standard InChI is InChI=1S/C17H23N5O3S/c1-6-8-13(20-26(25)17(2,3)4)12-9-7-10-14(19-12)16-15(22(23)24)11-18-21(16)5/h6-7,9-11,13,20H,1,8H2,2-5H3/t13-,26?/m0/s1. The van der Waals surface area contributed by atoms with Gasteiger partial charge < -0.3 is 0 Å². The largest absolute Gasteiger partial charge is 0.316 e. The molecule has 2 aromatic heterocycles. The lowest BCUT2D eigenvalue weighted by atomic mass is 10.1. The first-order chi connectivity index (χ1) is 12.1. The van der Waals surface area contributed by atoms with Crippen LogP contribution in [-0.2, 0) is 18.0 Å². The van der Waals surface area contributed by atoms with E-state index in [0.717, 1.165) is 0 Å². The Labute approximate surface area is 155 Å². The van der Waals surface area contributed by atoms with Gasteiger partial charge in [-0.25, -0.2) is 13.9 Å². The summed E-state index contributed by atoms with van der Waals surface area (Å²) >= 11 is 0. The molecule has 9 heteroatoms. The number of hydrogen-bond donors (Lipinski definition) is 1. The maximum absolute atomic E-state index is 12.5. The molecule has 0 amide bonds. The van der Waals surface area contributed by atoms with E-state index in [1.54, 1.807) is 31.3 Å². The Kier molecular flexibility index (Phi) is 6.04. The van der Waals surface area contributed by atoms with Crippen LogP contribution >= 0.6 is 0 Å². The first-order valence-electron chi connectivity index (χ1n) is 8.07. The van der Waals surface area contributed by atoms with Crippen LogP contribution < -0.4 is 4.72 Å². The van der Waals surface area contributed by atoms with Crippen LogP contribution in [0.1, 0.15) is 38.9 Å². The monoisotopic (exact) mass is 377 g/mol. The molecule has 0 spiro atoms. The van der Waals surface area contributed by atoms with Crippen molar-refractivity contribution in [3.05, 3.63) is 52.9 Å². The summed E-state index contributed by atoms with van der Waals surface area (Å²) in [5.41, 5.74) is 1.29. The predicted octanol–water partition coefficient (Wildman–Crippen LogP) is 3.06. The van der Waals surface area contributed by atoms with Gasteiger partial charge >= 0.3 is 5.69 Å². The summed E-state index contributed by atoms with van der Waals surface area (Å²) in [4.78, 5) is 15.3. The topological polar surface area (TPSA) is 103 Å². The molecule has 0 saturated heterocycles. The molecule has 0 aliphatic carbocycles. The van der Waals surface area contributed by atoms with Gasteiger partial charge in [-0.1, -0.05) is 12.1 Å². The lowest BCUT2D eigenvalue weighted by Gasteiger charge is -2.23. The average molecular weight is 377 g/mol. The van der Waals surface area contributed by atoms with E-state index < -0.39 is 20.7 Å². The number of hydrogen-bond acceptors (Lipinski definition) is 5. The van der Waals surface area contributed by atoms with Gasteiger partial charge in [-0.05, 0) is 39.3 Å². The maximum atomic E-state index is 12.5. The van der Waals surface area contributed by atoms with E-state index >= 15 is 0 Å². The zero-order valence-electron chi connectivity index (χ0n) is 15.3. The Morgan fingerprint density at radius 3 is 2.73 bits per heavy atom. The summed E-state index contributed by atoms with van der Waals surface area (Å²) in [5.74, 6) is 0. The van der Waals surface area contributed by atoms with Crippen molar-refractivity contribution in [2.45, 2.75) is 38.0 Å². The number of pyridine rings is 1. The van der Waals surface area contributed by atoms with Crippen molar-refractivity contribution in [3.63, 3.8) is 0 Å². The maximum Gasteiger partial charge on any atom is 0.316 e. The molecule has 0 aliphatic heterocycles. The molecule has 1 unspecified atom stereocenters. The highest BCUT2D eigenvalue weighted by Gasteiger charge is 2.25. The highest BCUT2D eigenvalue weighted by molar-refractivity contribution is 7.84. The quantitative estimate of drug-likeness (QED) is 0.454. The van der Waals surface area contributed by atoms with Crippen LogP contribution in [0.15, 0.2) is 37.1 Å². The third-order valence-corrected chi connectivity index (χ3v) is 5.31. The highest BCUT2D eigenvalue weighted by atomic mass is 32.2. The second kappa shape index (κ2) is 7.88. The molecule has 2 heterocycles. The van der Waals surface area contributed by atoms with Crippen molar-refractivity contribution >= 4 is 16.7 Å². The molecule has 2 rings (SSSR count). The third kappa shape index (κ3) is 4.41. The van der Waals surface area contributed by atoms with Crippen LogP contribution in [0, 0.1) is 10.1 Å². The Morgan fingerprint density at radius 1 is 1.46 bits per heavy atom. The van der Waals surface area contributed by atoms with E-state index in [9.17, 15) is 14.3 Å². The number of aryl methyl sites for hydroxylation is 1. The minimum Gasteiger partial charge on any atom is -0.259 e. The smallest absolute Gasteiger partial charge is 0.259 e. The van der Waals surface area contributed by atoms with Gasteiger partial charge in [0.2, 0.25) is 0 Å². The number of rotatable bonds is 7. The van der Waals surface area contributed by atoms with Crippen molar-refractivity contribution in [2.75, 3.05) is 0 Å². The van der Waals surface area contributed by atoms with Crippen molar-refractivity contribution in [2.24, 2.45) is 7.05 Å². The second-order valence-corrected chi connectivity index (χ2v) is 8.78. The SMILES string of the molecule is C=CC[C@H](NS(=O)C(C)(C)C)c1cccc(-c2c([N+](=O)[O-])cnn2C)n1. The lowest BCUT2D eigenvalue weighted by Crippen LogP contribution is -2.36. The zero-order chi connectivity index (χ0) is 19.5. The van der Waals surface area contributed by atoms with Crippen molar-refractivity contribution in [1.29, 1.82) is 0 Å². The van der Waals surface area contributed by atoms with E-state index in [1.807, 2.05) is 20.8 Å². The van der Waals surface area contributed by atoms with Crippen molar-refractivity contribution < 1.29 is 9.13 Å². The van der Waals surface area contributed by atoms with Crippen molar-refractivity contribution in [1.82, 2.24) is 19.5 Å². The van der Waals surface area contributed by atoms with Crippen LogP contribution in [0.2, 0.25) is 0 Å². The minimum atomic E-state index is -1.29. The van der Waals surface area contributed by atoms with Crippen LogP contribution in [0.3, 0.4) is 0 Å². The van der Waals surface area contributed by atoms with E-state index in [0.29, 0.717) is 23.5 Å². The Bertz CT molecular complexity index is 841. The van der Waals surface area contributed by atoms with Gasteiger partial charge in [0.25, 0.3) is 0 Å². The number of nitro groups is 1. The van der Waals surface area contributed by atoms with Crippen LogP contribution in [0.5, 0.6) is 0 Å². The van der Waals surface area contributed by atoms with Gasteiger partial charge in [-0.2, -0.15) is 5.10 Å². The van der Waals surface area contributed by atoms with E-state index in [1.165, 1.54) is 10.9 Å². The molecule has 26 heavy (non-hydrogen) atoms. The third-order valence-electron chi connectivity index (χ3n) is 3.69. The molecule has 0 radical (unpaired) electrons. The van der Waals surface area contributed by atoms with Crippen LogP contribution in [0.4, 0.5) is 5.69 Å². The summed E-state index contributed by atoms with van der Waals surface area (Å²) < 4.78 is 16.5. The van der Waals surface area contributed by atoms with Crippen LogP contribution in [0.25, 0.3) is 11.4 Å². The van der Waals surface area contributed by atoms with Gasteiger partial charge in [0, 0.05) is 7.05 Å². The predicted molar refractivity (Wildman–Crippen MR) is 102 cm³/mol. The molecule has 0 bridgehead atoms. The summed E-state index contributed by atoms with van der Waals surface area (Å²) in [7, 11) is 0.337. The number of nitrogens with one attached hydrogen (secondary N) is 1. The Hall–Kier alpha value is -2.39. The average Bonchev–Trinajstić information content (AvgIpc) is 2.95. The molecule has 8 nitrogen and oxygen atoms in total. The normalized spacial score (nSPS) is 14.0. The highest BCUT2D eigenvalue weighted by Crippen LogP contribution is 2.29. The van der Waals surface area contributed by atoms with Crippen LogP contribution in [-0.4, -0.2) is 28.6 Å². The van der Waals surface area contributed by atoms with E-state index in [-0.39, 0.29) is 11.7 Å². The molecular weight excluding hydrogens is 354 g/mol. The summed E-state index contributed by atoms with van der Waals surface area (Å²) in [5, 5.41) is 15.2. The molecule has 0 aromatic carbocycles. The fourth-order valence-electron chi connectivity index (χ4n) is 2.34. The molecule has 0 saturated carbocycles. The second-order valence-electron chi connectivity index (χ2n) is 6.78. The first-order valence-corrected chi connectivity index (χ1v) is 9.22.